The number of hydrogen-bond donors (Lipinski definition) is 1. The van der Waals surface area contributed by atoms with Gasteiger partial charge in [-0.05, 0) is 68.1 Å². The third-order valence-corrected chi connectivity index (χ3v) is 6.60. The van der Waals surface area contributed by atoms with Crippen molar-refractivity contribution in [2.45, 2.75) is 91.6 Å². The predicted molar refractivity (Wildman–Crippen MR) is 86.7 cm³/mol. The maximum atomic E-state index is 11.2. The molecule has 21 heavy (non-hydrogen) atoms. The molecule has 0 spiro atoms. The summed E-state index contributed by atoms with van der Waals surface area (Å²) >= 11 is 0. The zero-order valence-corrected chi connectivity index (χ0v) is 14.6. The molecule has 2 fully saturated rings. The highest BCUT2D eigenvalue weighted by Gasteiger charge is 2.54. The van der Waals surface area contributed by atoms with Crippen LogP contribution in [0.2, 0.25) is 0 Å². The molecule has 2 heteroatoms. The highest BCUT2D eigenvalue weighted by molar-refractivity contribution is 5.15. The molecule has 0 atom stereocenters. The standard InChI is InChI=1S/C19H33NO/c1-16(2,3)15-6-8-18(14-20,9-7-15)19(21)12-10-17(4,5)11-13-19/h15,21H,6-13H2,1-5H3. The Morgan fingerprint density at radius 1 is 0.952 bits per heavy atom. The van der Waals surface area contributed by atoms with Crippen LogP contribution in [0.25, 0.3) is 0 Å². The second kappa shape index (κ2) is 5.27. The van der Waals surface area contributed by atoms with Gasteiger partial charge in [0.2, 0.25) is 0 Å². The molecular formula is C19H33NO. The topological polar surface area (TPSA) is 44.0 Å². The van der Waals surface area contributed by atoms with Crippen LogP contribution < -0.4 is 0 Å². The van der Waals surface area contributed by atoms with Crippen LogP contribution >= 0.6 is 0 Å². The number of nitriles is 1. The zero-order valence-electron chi connectivity index (χ0n) is 14.6. The molecular weight excluding hydrogens is 258 g/mol. The first-order chi connectivity index (χ1) is 9.54. The minimum atomic E-state index is -0.750. The molecule has 2 saturated carbocycles. The van der Waals surface area contributed by atoms with Gasteiger partial charge < -0.3 is 5.11 Å². The fraction of sp³-hybridized carbons (Fsp3) is 0.947. The summed E-state index contributed by atoms with van der Waals surface area (Å²) in [5, 5.41) is 21.1. The van der Waals surface area contributed by atoms with E-state index < -0.39 is 11.0 Å². The lowest BCUT2D eigenvalue weighted by atomic mass is 9.54. The van der Waals surface area contributed by atoms with E-state index in [0.29, 0.717) is 16.7 Å². The average Bonchev–Trinajstić information content (AvgIpc) is 2.41. The summed E-state index contributed by atoms with van der Waals surface area (Å²) in [6, 6.07) is 2.58. The van der Waals surface area contributed by atoms with Gasteiger partial charge in [0.15, 0.2) is 0 Å². The summed E-state index contributed by atoms with van der Waals surface area (Å²) in [5.41, 5.74) is -0.602. The van der Waals surface area contributed by atoms with Crippen LogP contribution in [-0.4, -0.2) is 10.7 Å². The van der Waals surface area contributed by atoms with Gasteiger partial charge in [0.05, 0.1) is 17.1 Å². The quantitative estimate of drug-likeness (QED) is 0.733. The van der Waals surface area contributed by atoms with Crippen molar-refractivity contribution in [3.8, 4) is 6.07 Å². The first-order valence-electron chi connectivity index (χ1n) is 8.67. The van der Waals surface area contributed by atoms with Gasteiger partial charge in [-0.15, -0.1) is 0 Å². The van der Waals surface area contributed by atoms with E-state index in [1.54, 1.807) is 0 Å². The van der Waals surface area contributed by atoms with E-state index in [1.165, 1.54) is 0 Å². The summed E-state index contributed by atoms with van der Waals surface area (Å²) < 4.78 is 0. The molecule has 0 aromatic heterocycles. The zero-order chi connectivity index (χ0) is 15.9. The monoisotopic (exact) mass is 291 g/mol. The highest BCUT2D eigenvalue weighted by Crippen LogP contribution is 2.56. The number of rotatable bonds is 1. The van der Waals surface area contributed by atoms with E-state index in [9.17, 15) is 10.4 Å². The SMILES string of the molecule is CC1(C)CCC(O)(C2(C#N)CCC(C(C)(C)C)CC2)CC1. The van der Waals surface area contributed by atoms with Crippen molar-refractivity contribution in [2.24, 2.45) is 22.2 Å². The Morgan fingerprint density at radius 3 is 1.81 bits per heavy atom. The van der Waals surface area contributed by atoms with Crippen LogP contribution in [0.3, 0.4) is 0 Å². The van der Waals surface area contributed by atoms with Crippen molar-refractivity contribution >= 4 is 0 Å². The van der Waals surface area contributed by atoms with Gasteiger partial charge in [0.1, 0.15) is 0 Å². The summed E-state index contributed by atoms with van der Waals surface area (Å²) in [6.07, 6.45) is 7.60. The molecule has 1 N–H and O–H groups in total. The largest absolute Gasteiger partial charge is 0.388 e. The van der Waals surface area contributed by atoms with Crippen molar-refractivity contribution in [1.29, 1.82) is 5.26 Å². The van der Waals surface area contributed by atoms with E-state index in [0.717, 1.165) is 51.4 Å². The molecule has 0 radical (unpaired) electrons. The molecule has 0 aromatic rings. The lowest BCUT2D eigenvalue weighted by Crippen LogP contribution is -2.53. The van der Waals surface area contributed by atoms with Crippen LogP contribution in [-0.2, 0) is 0 Å². The normalized spacial score (nSPS) is 36.0. The Labute approximate surface area is 130 Å². The first-order valence-corrected chi connectivity index (χ1v) is 8.67. The Balaban J connectivity index is 2.12. The molecule has 0 amide bonds. The van der Waals surface area contributed by atoms with Gasteiger partial charge in [0.25, 0.3) is 0 Å². The van der Waals surface area contributed by atoms with Crippen molar-refractivity contribution < 1.29 is 5.11 Å². The summed E-state index contributed by atoms with van der Waals surface area (Å²) in [5.74, 6) is 0.683. The van der Waals surface area contributed by atoms with E-state index in [-0.39, 0.29) is 0 Å². The second-order valence-corrected chi connectivity index (χ2v) is 9.53. The maximum absolute atomic E-state index is 11.2. The van der Waals surface area contributed by atoms with Gasteiger partial charge in [-0.3, -0.25) is 0 Å². The van der Waals surface area contributed by atoms with E-state index in [4.69, 9.17) is 0 Å². The van der Waals surface area contributed by atoms with Gasteiger partial charge in [0, 0.05) is 0 Å². The van der Waals surface area contributed by atoms with Crippen LogP contribution in [0, 0.1) is 33.5 Å². The van der Waals surface area contributed by atoms with Crippen LogP contribution in [0.15, 0.2) is 0 Å². The lowest BCUT2D eigenvalue weighted by molar-refractivity contribution is -0.121. The van der Waals surface area contributed by atoms with Crippen molar-refractivity contribution in [2.75, 3.05) is 0 Å². The molecule has 2 nitrogen and oxygen atoms in total. The molecule has 2 aliphatic carbocycles. The molecule has 2 aliphatic rings. The molecule has 0 aromatic carbocycles. The number of nitrogens with zero attached hydrogens (tertiary/aromatic N) is 1. The molecule has 0 unspecified atom stereocenters. The van der Waals surface area contributed by atoms with Crippen LogP contribution in [0.4, 0.5) is 0 Å². The maximum Gasteiger partial charge on any atom is 0.0860 e. The average molecular weight is 291 g/mol. The van der Waals surface area contributed by atoms with Gasteiger partial charge in [-0.1, -0.05) is 34.6 Å². The highest BCUT2D eigenvalue weighted by atomic mass is 16.3. The summed E-state index contributed by atoms with van der Waals surface area (Å²) in [7, 11) is 0. The third kappa shape index (κ3) is 3.14. The van der Waals surface area contributed by atoms with Crippen molar-refractivity contribution in [1.82, 2.24) is 0 Å². The lowest BCUT2D eigenvalue weighted by Gasteiger charge is -2.52. The molecule has 0 bridgehead atoms. The predicted octanol–water partition coefficient (Wildman–Crippen LogP) is 5.06. The molecule has 0 heterocycles. The minimum absolute atomic E-state index is 0.318. The van der Waals surface area contributed by atoms with E-state index in [2.05, 4.69) is 40.7 Å². The van der Waals surface area contributed by atoms with Crippen LogP contribution in [0.1, 0.15) is 86.0 Å². The summed E-state index contributed by atoms with van der Waals surface area (Å²) in [6.45, 7) is 11.5. The molecule has 0 aliphatic heterocycles. The molecule has 2 rings (SSSR count). The molecule has 0 saturated heterocycles. The fourth-order valence-corrected chi connectivity index (χ4v) is 4.48. The minimum Gasteiger partial charge on any atom is -0.388 e. The first kappa shape index (κ1) is 16.8. The van der Waals surface area contributed by atoms with Crippen LogP contribution in [0.5, 0.6) is 0 Å². The Hall–Kier alpha value is -0.550. The summed E-state index contributed by atoms with van der Waals surface area (Å²) in [4.78, 5) is 0. The van der Waals surface area contributed by atoms with Crippen molar-refractivity contribution in [3.63, 3.8) is 0 Å². The van der Waals surface area contributed by atoms with Gasteiger partial charge in [-0.2, -0.15) is 5.26 Å². The third-order valence-electron chi connectivity index (χ3n) is 6.60. The number of aliphatic hydroxyl groups is 1. The molecule has 120 valence electrons. The second-order valence-electron chi connectivity index (χ2n) is 9.53. The smallest absolute Gasteiger partial charge is 0.0860 e. The Bertz CT molecular complexity index is 406. The van der Waals surface area contributed by atoms with E-state index in [1.807, 2.05) is 0 Å². The Morgan fingerprint density at radius 2 is 1.43 bits per heavy atom. The van der Waals surface area contributed by atoms with Gasteiger partial charge in [-0.25, -0.2) is 0 Å². The fourth-order valence-electron chi connectivity index (χ4n) is 4.48. The Kier molecular flexibility index (Phi) is 4.22. The van der Waals surface area contributed by atoms with Gasteiger partial charge >= 0.3 is 0 Å². The van der Waals surface area contributed by atoms with Crippen molar-refractivity contribution in [3.05, 3.63) is 0 Å². The number of hydrogen-bond acceptors (Lipinski definition) is 2. The van der Waals surface area contributed by atoms with E-state index >= 15 is 0 Å².